The average molecular weight is 556 g/mol. The van der Waals surface area contributed by atoms with Crippen LogP contribution in [0.2, 0.25) is 5.02 Å². The van der Waals surface area contributed by atoms with Crippen LogP contribution < -0.4 is 20.3 Å². The quantitative estimate of drug-likeness (QED) is 0.339. The first-order chi connectivity index (χ1) is 18.0. The van der Waals surface area contributed by atoms with Crippen molar-refractivity contribution in [1.82, 2.24) is 19.9 Å². The first-order valence-electron chi connectivity index (χ1n) is 11.6. The average Bonchev–Trinajstić information content (AvgIpc) is 2.90. The first kappa shape index (κ1) is 27.1. The van der Waals surface area contributed by atoms with Gasteiger partial charge in [0, 0.05) is 30.4 Å². The number of rotatable bonds is 8. The summed E-state index contributed by atoms with van der Waals surface area (Å²) in [5.74, 6) is -0.527. The molecule has 198 valence electrons. The molecule has 0 radical (unpaired) electrons. The Kier molecular flexibility index (Phi) is 7.70. The molecule has 0 unspecified atom stereocenters. The van der Waals surface area contributed by atoms with Gasteiger partial charge < -0.3 is 10.1 Å². The number of pyridine rings is 1. The number of methoxy groups -OCH3 is 1. The minimum absolute atomic E-state index is 0.0372. The fourth-order valence-corrected chi connectivity index (χ4v) is 5.18. The molecule has 2 heterocycles. The summed E-state index contributed by atoms with van der Waals surface area (Å²) in [5.41, 5.74) is 2.10. The van der Waals surface area contributed by atoms with Gasteiger partial charge in [0.25, 0.3) is 15.6 Å². The maximum Gasteiger partial charge on any atom is 0.262 e. The lowest BCUT2D eigenvalue weighted by Crippen LogP contribution is -2.32. The number of fused-ring (bicyclic) bond motifs is 1. The molecule has 12 heteroatoms. The summed E-state index contributed by atoms with van der Waals surface area (Å²) in [5, 5.41) is 3.38. The second kappa shape index (κ2) is 10.8. The molecule has 1 atom stereocenters. The standard InChI is InChI=1S/C26H26ClN5O5S/c1-15-9-19(6-7-21(15)27)38(35,36)31-23-11-18(12-29-25(23)37-4)17-5-8-22-20(10-17)26(34)32(14-30-22)13-16(2)24(33)28-3/h5-12,14,16,31H,13H2,1-4H3,(H,28,33)/t16-/m1/s1. The molecule has 0 saturated heterocycles. The third-order valence-electron chi connectivity index (χ3n) is 6.05. The third kappa shape index (κ3) is 5.48. The monoisotopic (exact) mass is 555 g/mol. The Balaban J connectivity index is 1.73. The Bertz CT molecular complexity index is 1700. The summed E-state index contributed by atoms with van der Waals surface area (Å²) in [7, 11) is -1.05. The van der Waals surface area contributed by atoms with Gasteiger partial charge in [0.15, 0.2) is 0 Å². The van der Waals surface area contributed by atoms with Gasteiger partial charge in [-0.3, -0.25) is 18.9 Å². The lowest BCUT2D eigenvalue weighted by atomic mass is 10.0. The number of aryl methyl sites for hydroxylation is 1. The van der Waals surface area contributed by atoms with Crippen LogP contribution in [0.1, 0.15) is 12.5 Å². The van der Waals surface area contributed by atoms with E-state index in [1.54, 1.807) is 45.2 Å². The van der Waals surface area contributed by atoms with Crippen molar-refractivity contribution in [3.8, 4) is 17.0 Å². The fourth-order valence-electron chi connectivity index (χ4n) is 3.93. The van der Waals surface area contributed by atoms with Crippen molar-refractivity contribution in [2.45, 2.75) is 25.3 Å². The highest BCUT2D eigenvalue weighted by Gasteiger charge is 2.19. The molecule has 0 aliphatic rings. The van der Waals surface area contributed by atoms with Gasteiger partial charge in [0.05, 0.1) is 35.2 Å². The summed E-state index contributed by atoms with van der Waals surface area (Å²) < 4.78 is 35.4. The number of anilines is 1. The van der Waals surface area contributed by atoms with Crippen LogP contribution in [-0.2, 0) is 21.4 Å². The van der Waals surface area contributed by atoms with Gasteiger partial charge in [0.1, 0.15) is 5.69 Å². The van der Waals surface area contributed by atoms with Crippen molar-refractivity contribution < 1.29 is 17.9 Å². The topological polar surface area (TPSA) is 132 Å². The Morgan fingerprint density at radius 2 is 1.89 bits per heavy atom. The van der Waals surface area contributed by atoms with E-state index < -0.39 is 15.9 Å². The Morgan fingerprint density at radius 1 is 1.13 bits per heavy atom. The summed E-state index contributed by atoms with van der Waals surface area (Å²) in [6.45, 7) is 3.61. The lowest BCUT2D eigenvalue weighted by Gasteiger charge is -2.14. The minimum Gasteiger partial charge on any atom is -0.480 e. The van der Waals surface area contributed by atoms with E-state index in [1.807, 2.05) is 0 Å². The fraction of sp³-hybridized carbons (Fsp3) is 0.231. The SMILES string of the molecule is CNC(=O)[C@H](C)Cn1cnc2ccc(-c3cnc(OC)c(NS(=O)(=O)c4ccc(Cl)c(C)c4)c3)cc2c1=O. The van der Waals surface area contributed by atoms with E-state index in [-0.39, 0.29) is 34.5 Å². The van der Waals surface area contributed by atoms with Gasteiger partial charge in [-0.1, -0.05) is 24.6 Å². The van der Waals surface area contributed by atoms with Crippen molar-refractivity contribution in [3.05, 3.63) is 75.9 Å². The number of carbonyl (C=O) groups excluding carboxylic acids is 1. The molecule has 0 aliphatic carbocycles. The van der Waals surface area contributed by atoms with E-state index in [0.29, 0.717) is 32.6 Å². The van der Waals surface area contributed by atoms with E-state index in [9.17, 15) is 18.0 Å². The van der Waals surface area contributed by atoms with Gasteiger partial charge >= 0.3 is 0 Å². The third-order valence-corrected chi connectivity index (χ3v) is 7.84. The first-order valence-corrected chi connectivity index (χ1v) is 13.4. The zero-order valence-corrected chi connectivity index (χ0v) is 22.7. The van der Waals surface area contributed by atoms with Crippen molar-refractivity contribution in [3.63, 3.8) is 0 Å². The van der Waals surface area contributed by atoms with Crippen LogP contribution >= 0.6 is 11.6 Å². The maximum absolute atomic E-state index is 13.2. The van der Waals surface area contributed by atoms with Crippen LogP contribution in [0.4, 0.5) is 5.69 Å². The molecule has 0 bridgehead atoms. The molecular weight excluding hydrogens is 530 g/mol. The summed E-state index contributed by atoms with van der Waals surface area (Å²) >= 11 is 6.04. The van der Waals surface area contributed by atoms with E-state index >= 15 is 0 Å². The number of sulfonamides is 1. The van der Waals surface area contributed by atoms with Gasteiger partial charge in [0.2, 0.25) is 11.8 Å². The number of nitrogens with zero attached hydrogens (tertiary/aromatic N) is 3. The molecular formula is C26H26ClN5O5S. The van der Waals surface area contributed by atoms with E-state index in [4.69, 9.17) is 16.3 Å². The number of amides is 1. The van der Waals surface area contributed by atoms with Crippen LogP contribution in [0.15, 0.2) is 64.7 Å². The van der Waals surface area contributed by atoms with Crippen LogP contribution in [0.25, 0.3) is 22.0 Å². The number of carbonyl (C=O) groups is 1. The molecule has 2 aromatic heterocycles. The van der Waals surface area contributed by atoms with Crippen LogP contribution in [0.5, 0.6) is 5.88 Å². The van der Waals surface area contributed by atoms with Crippen LogP contribution in [0, 0.1) is 12.8 Å². The summed E-state index contributed by atoms with van der Waals surface area (Å²) in [6, 6.07) is 11.1. The highest BCUT2D eigenvalue weighted by molar-refractivity contribution is 7.92. The number of hydrogen-bond donors (Lipinski definition) is 2. The predicted molar refractivity (Wildman–Crippen MR) is 146 cm³/mol. The van der Waals surface area contributed by atoms with Gasteiger partial charge in [-0.05, 0) is 54.4 Å². The summed E-state index contributed by atoms with van der Waals surface area (Å²) in [6.07, 6.45) is 2.94. The Hall–Kier alpha value is -3.96. The van der Waals surface area contributed by atoms with Crippen LogP contribution in [-0.4, -0.2) is 43.0 Å². The molecule has 0 fully saturated rings. The molecule has 38 heavy (non-hydrogen) atoms. The maximum atomic E-state index is 13.2. The van der Waals surface area contributed by atoms with Gasteiger partial charge in [-0.15, -0.1) is 0 Å². The number of aromatic nitrogens is 3. The van der Waals surface area contributed by atoms with E-state index in [0.717, 1.165) is 0 Å². The molecule has 0 aliphatic heterocycles. The molecule has 1 amide bonds. The number of halogens is 1. The highest BCUT2D eigenvalue weighted by Crippen LogP contribution is 2.31. The Morgan fingerprint density at radius 3 is 2.58 bits per heavy atom. The van der Waals surface area contributed by atoms with E-state index in [2.05, 4.69) is 20.0 Å². The van der Waals surface area contributed by atoms with Crippen molar-refractivity contribution >= 4 is 44.1 Å². The zero-order chi connectivity index (χ0) is 27.6. The molecule has 0 saturated carbocycles. The van der Waals surface area contributed by atoms with Crippen molar-refractivity contribution in [1.29, 1.82) is 0 Å². The number of ether oxygens (including phenoxy) is 1. The summed E-state index contributed by atoms with van der Waals surface area (Å²) in [4.78, 5) is 33.7. The predicted octanol–water partition coefficient (Wildman–Crippen LogP) is 3.61. The second-order valence-corrected chi connectivity index (χ2v) is 10.8. The largest absolute Gasteiger partial charge is 0.480 e. The number of benzene rings is 2. The second-order valence-electron chi connectivity index (χ2n) is 8.75. The molecule has 2 N–H and O–H groups in total. The normalized spacial score (nSPS) is 12.2. The van der Waals surface area contributed by atoms with Crippen molar-refractivity contribution in [2.75, 3.05) is 18.9 Å². The molecule has 4 rings (SSSR count). The van der Waals surface area contributed by atoms with Crippen molar-refractivity contribution in [2.24, 2.45) is 5.92 Å². The Labute approximate surface area is 224 Å². The van der Waals surface area contributed by atoms with Gasteiger partial charge in [-0.2, -0.15) is 0 Å². The van der Waals surface area contributed by atoms with E-state index in [1.165, 1.54) is 42.4 Å². The molecule has 4 aromatic rings. The molecule has 10 nitrogen and oxygen atoms in total. The smallest absolute Gasteiger partial charge is 0.262 e. The number of hydrogen-bond acceptors (Lipinski definition) is 7. The molecule has 0 spiro atoms. The number of nitrogens with one attached hydrogen (secondary N) is 2. The minimum atomic E-state index is -3.98. The van der Waals surface area contributed by atoms with Gasteiger partial charge in [-0.25, -0.2) is 18.4 Å². The molecule has 2 aromatic carbocycles. The highest BCUT2D eigenvalue weighted by atomic mass is 35.5. The zero-order valence-electron chi connectivity index (χ0n) is 21.1. The van der Waals surface area contributed by atoms with Crippen LogP contribution in [0.3, 0.4) is 0 Å². The lowest BCUT2D eigenvalue weighted by molar-refractivity contribution is -0.124.